The molecular formula is C13H11BrO. The van der Waals surface area contributed by atoms with Gasteiger partial charge in [0.05, 0.1) is 4.47 Å². The highest BCUT2D eigenvalue weighted by Gasteiger charge is 2.04. The molecule has 0 spiro atoms. The van der Waals surface area contributed by atoms with E-state index in [1.165, 1.54) is 5.56 Å². The number of aromatic hydroxyl groups is 1. The van der Waals surface area contributed by atoms with Gasteiger partial charge in [-0.3, -0.25) is 0 Å². The van der Waals surface area contributed by atoms with Crippen LogP contribution in [0.3, 0.4) is 0 Å². The molecule has 0 atom stereocenters. The Morgan fingerprint density at radius 2 is 1.67 bits per heavy atom. The molecule has 0 bridgehead atoms. The number of hydrogen-bond acceptors (Lipinski definition) is 1. The molecule has 0 unspecified atom stereocenters. The molecule has 0 aromatic heterocycles. The maximum atomic E-state index is 9.53. The lowest BCUT2D eigenvalue weighted by atomic mass is 10.1. The molecule has 0 aliphatic carbocycles. The zero-order valence-electron chi connectivity index (χ0n) is 8.15. The molecule has 76 valence electrons. The summed E-state index contributed by atoms with van der Waals surface area (Å²) in [5.74, 6) is 0.295. The Kier molecular flexibility index (Phi) is 3.07. The molecule has 0 amide bonds. The summed E-state index contributed by atoms with van der Waals surface area (Å²) >= 11 is 3.39. The average Bonchev–Trinajstić information content (AvgIpc) is 2.26. The van der Waals surface area contributed by atoms with E-state index in [-0.39, 0.29) is 0 Å². The van der Waals surface area contributed by atoms with Crippen LogP contribution in [0.15, 0.2) is 53.0 Å². The van der Waals surface area contributed by atoms with Crippen molar-refractivity contribution >= 4 is 15.9 Å². The molecule has 0 aliphatic heterocycles. The van der Waals surface area contributed by atoms with Crippen LogP contribution in [-0.4, -0.2) is 5.11 Å². The van der Waals surface area contributed by atoms with Gasteiger partial charge in [0.15, 0.2) is 0 Å². The Balaban J connectivity index is 2.29. The van der Waals surface area contributed by atoms with Crippen LogP contribution in [0.4, 0.5) is 0 Å². The van der Waals surface area contributed by atoms with E-state index < -0.39 is 0 Å². The zero-order chi connectivity index (χ0) is 10.7. The molecule has 1 N–H and O–H groups in total. The summed E-state index contributed by atoms with van der Waals surface area (Å²) in [5.41, 5.74) is 2.34. The minimum atomic E-state index is 0.295. The van der Waals surface area contributed by atoms with E-state index >= 15 is 0 Å². The van der Waals surface area contributed by atoms with Crippen molar-refractivity contribution in [2.75, 3.05) is 0 Å². The summed E-state index contributed by atoms with van der Waals surface area (Å²) in [6, 6.07) is 15.7. The topological polar surface area (TPSA) is 20.2 Å². The van der Waals surface area contributed by atoms with Crippen molar-refractivity contribution in [2.45, 2.75) is 6.42 Å². The fourth-order valence-electron chi connectivity index (χ4n) is 1.52. The number of hydrogen-bond donors (Lipinski definition) is 1. The first-order valence-corrected chi connectivity index (χ1v) is 5.57. The summed E-state index contributed by atoms with van der Waals surface area (Å²) < 4.78 is 0.786. The van der Waals surface area contributed by atoms with Gasteiger partial charge in [0, 0.05) is 0 Å². The summed E-state index contributed by atoms with van der Waals surface area (Å²) in [6.07, 6.45) is 0.829. The van der Waals surface area contributed by atoms with E-state index in [4.69, 9.17) is 0 Å². The molecule has 0 aliphatic rings. The van der Waals surface area contributed by atoms with Gasteiger partial charge in [-0.2, -0.15) is 0 Å². The quantitative estimate of drug-likeness (QED) is 0.874. The number of benzene rings is 2. The maximum absolute atomic E-state index is 9.53. The van der Waals surface area contributed by atoms with Crippen molar-refractivity contribution < 1.29 is 5.11 Å². The first-order chi connectivity index (χ1) is 7.27. The second kappa shape index (κ2) is 4.49. The van der Waals surface area contributed by atoms with E-state index in [2.05, 4.69) is 28.1 Å². The molecule has 0 radical (unpaired) electrons. The average molecular weight is 263 g/mol. The molecule has 2 rings (SSSR count). The SMILES string of the molecule is Oc1cccc(Cc2ccccc2)c1Br. The first-order valence-electron chi connectivity index (χ1n) is 4.77. The number of halogens is 1. The summed E-state index contributed by atoms with van der Waals surface area (Å²) in [5, 5.41) is 9.53. The van der Waals surface area contributed by atoms with Crippen LogP contribution in [0.1, 0.15) is 11.1 Å². The predicted octanol–water partition coefficient (Wildman–Crippen LogP) is 3.75. The van der Waals surface area contributed by atoms with E-state index in [1.807, 2.05) is 30.3 Å². The Morgan fingerprint density at radius 3 is 2.40 bits per heavy atom. The highest BCUT2D eigenvalue weighted by atomic mass is 79.9. The first kappa shape index (κ1) is 10.2. The molecule has 0 saturated heterocycles. The lowest BCUT2D eigenvalue weighted by molar-refractivity contribution is 0.471. The highest BCUT2D eigenvalue weighted by molar-refractivity contribution is 9.10. The Bertz CT molecular complexity index is 451. The van der Waals surface area contributed by atoms with E-state index in [0.29, 0.717) is 5.75 Å². The monoisotopic (exact) mass is 262 g/mol. The Labute approximate surface area is 97.5 Å². The van der Waals surface area contributed by atoms with Gasteiger partial charge in [-0.25, -0.2) is 0 Å². The van der Waals surface area contributed by atoms with Crippen LogP contribution in [0.25, 0.3) is 0 Å². The summed E-state index contributed by atoms with van der Waals surface area (Å²) in [6.45, 7) is 0. The van der Waals surface area contributed by atoms with Gasteiger partial charge in [-0.05, 0) is 39.5 Å². The van der Waals surface area contributed by atoms with Gasteiger partial charge in [0.25, 0.3) is 0 Å². The fraction of sp³-hybridized carbons (Fsp3) is 0.0769. The third kappa shape index (κ3) is 2.39. The Morgan fingerprint density at radius 1 is 0.933 bits per heavy atom. The van der Waals surface area contributed by atoms with Gasteiger partial charge >= 0.3 is 0 Å². The third-order valence-corrected chi connectivity index (χ3v) is 3.21. The predicted molar refractivity (Wildman–Crippen MR) is 65.1 cm³/mol. The Hall–Kier alpha value is -1.28. The smallest absolute Gasteiger partial charge is 0.130 e. The molecule has 0 fully saturated rings. The van der Waals surface area contributed by atoms with Crippen LogP contribution >= 0.6 is 15.9 Å². The highest BCUT2D eigenvalue weighted by Crippen LogP contribution is 2.28. The molecule has 0 heterocycles. The van der Waals surface area contributed by atoms with Crippen molar-refractivity contribution in [3.05, 3.63) is 64.1 Å². The van der Waals surface area contributed by atoms with Gasteiger partial charge in [-0.15, -0.1) is 0 Å². The van der Waals surface area contributed by atoms with Crippen LogP contribution in [-0.2, 0) is 6.42 Å². The summed E-state index contributed by atoms with van der Waals surface area (Å²) in [4.78, 5) is 0. The van der Waals surface area contributed by atoms with Crippen LogP contribution in [0.5, 0.6) is 5.75 Å². The second-order valence-corrected chi connectivity index (χ2v) is 4.21. The lowest BCUT2D eigenvalue weighted by Crippen LogP contribution is -1.89. The summed E-state index contributed by atoms with van der Waals surface area (Å²) in [7, 11) is 0. The number of phenols is 1. The van der Waals surface area contributed by atoms with Crippen LogP contribution < -0.4 is 0 Å². The third-order valence-electron chi connectivity index (χ3n) is 2.30. The minimum Gasteiger partial charge on any atom is -0.507 e. The van der Waals surface area contributed by atoms with Crippen molar-refractivity contribution in [1.29, 1.82) is 0 Å². The van der Waals surface area contributed by atoms with Gasteiger partial charge in [0.2, 0.25) is 0 Å². The minimum absolute atomic E-state index is 0.295. The van der Waals surface area contributed by atoms with E-state index in [1.54, 1.807) is 6.07 Å². The van der Waals surface area contributed by atoms with E-state index in [0.717, 1.165) is 16.5 Å². The number of phenolic OH excluding ortho intramolecular Hbond substituents is 1. The normalized spacial score (nSPS) is 10.2. The fourth-order valence-corrected chi connectivity index (χ4v) is 1.92. The van der Waals surface area contributed by atoms with Crippen LogP contribution in [0, 0.1) is 0 Å². The molecule has 2 heteroatoms. The van der Waals surface area contributed by atoms with Crippen molar-refractivity contribution in [3.8, 4) is 5.75 Å². The van der Waals surface area contributed by atoms with Gasteiger partial charge in [0.1, 0.15) is 5.75 Å². The molecule has 15 heavy (non-hydrogen) atoms. The largest absolute Gasteiger partial charge is 0.507 e. The molecule has 2 aromatic carbocycles. The zero-order valence-corrected chi connectivity index (χ0v) is 9.74. The lowest BCUT2D eigenvalue weighted by Gasteiger charge is -2.05. The molecule has 0 saturated carbocycles. The van der Waals surface area contributed by atoms with Gasteiger partial charge < -0.3 is 5.11 Å². The second-order valence-electron chi connectivity index (χ2n) is 3.41. The van der Waals surface area contributed by atoms with Gasteiger partial charge in [-0.1, -0.05) is 42.5 Å². The van der Waals surface area contributed by atoms with Crippen molar-refractivity contribution in [1.82, 2.24) is 0 Å². The molecule has 1 nitrogen and oxygen atoms in total. The maximum Gasteiger partial charge on any atom is 0.130 e. The molecular weight excluding hydrogens is 252 g/mol. The number of rotatable bonds is 2. The van der Waals surface area contributed by atoms with Crippen molar-refractivity contribution in [3.63, 3.8) is 0 Å². The molecule has 2 aromatic rings. The standard InChI is InChI=1S/C13H11BrO/c14-13-11(7-4-8-12(13)15)9-10-5-2-1-3-6-10/h1-8,15H,9H2. The van der Waals surface area contributed by atoms with Crippen molar-refractivity contribution in [2.24, 2.45) is 0 Å². The van der Waals surface area contributed by atoms with Crippen LogP contribution in [0.2, 0.25) is 0 Å². The van der Waals surface area contributed by atoms with E-state index in [9.17, 15) is 5.11 Å².